The Morgan fingerprint density at radius 2 is 1.18 bits per heavy atom. The molecule has 0 unspecified atom stereocenters. The van der Waals surface area contributed by atoms with Gasteiger partial charge in [0.1, 0.15) is 5.76 Å². The minimum absolute atomic E-state index is 0.259. The zero-order valence-electron chi connectivity index (χ0n) is 18.2. The Kier molecular flexibility index (Phi) is 12.3. The lowest BCUT2D eigenvalue weighted by Crippen LogP contribution is -2.12. The maximum atomic E-state index is 12.2. The number of hydrogen-bond donors (Lipinski definition) is 0. The molecular weight excluding hydrogens is 356 g/mol. The van der Waals surface area contributed by atoms with Crippen molar-refractivity contribution in [2.24, 2.45) is 0 Å². The summed E-state index contributed by atoms with van der Waals surface area (Å²) in [6.07, 6.45) is 11.9. The molecule has 1 rings (SSSR count). The van der Waals surface area contributed by atoms with Crippen LogP contribution in [0.5, 0.6) is 11.5 Å². The van der Waals surface area contributed by atoms with Gasteiger partial charge in [-0.1, -0.05) is 72.1 Å². The highest BCUT2D eigenvalue weighted by molar-refractivity contribution is 5.77. The Hall–Kier alpha value is -1.78. The van der Waals surface area contributed by atoms with Crippen molar-refractivity contribution in [1.82, 2.24) is 0 Å². The molecule has 0 atom stereocenters. The number of furan rings is 1. The lowest BCUT2D eigenvalue weighted by Gasteiger charge is -2.08. The summed E-state index contributed by atoms with van der Waals surface area (Å²) >= 11 is 0. The minimum Gasteiger partial charge on any atom is -0.458 e. The van der Waals surface area contributed by atoms with E-state index in [1.807, 2.05) is 6.92 Å². The van der Waals surface area contributed by atoms with Gasteiger partial charge in [-0.15, -0.1) is 0 Å². The van der Waals surface area contributed by atoms with E-state index in [1.165, 1.54) is 25.7 Å². The van der Waals surface area contributed by atoms with E-state index in [0.29, 0.717) is 30.8 Å². The maximum Gasteiger partial charge on any atom is 0.311 e. The van der Waals surface area contributed by atoms with Crippen LogP contribution in [0.2, 0.25) is 0 Å². The first-order valence-corrected chi connectivity index (χ1v) is 11.1. The molecule has 0 aliphatic rings. The normalized spacial score (nSPS) is 10.9. The number of ether oxygens (including phenoxy) is 2. The summed E-state index contributed by atoms with van der Waals surface area (Å²) in [5.41, 5.74) is 0. The predicted molar refractivity (Wildman–Crippen MR) is 111 cm³/mol. The van der Waals surface area contributed by atoms with E-state index in [2.05, 4.69) is 13.8 Å². The molecule has 0 radical (unpaired) electrons. The van der Waals surface area contributed by atoms with Crippen LogP contribution in [0.15, 0.2) is 4.42 Å². The largest absolute Gasteiger partial charge is 0.458 e. The van der Waals surface area contributed by atoms with Crippen molar-refractivity contribution in [3.05, 3.63) is 11.5 Å². The molecular formula is C23H38O5. The summed E-state index contributed by atoms with van der Waals surface area (Å²) < 4.78 is 16.7. The number of carbonyl (C=O) groups is 2. The van der Waals surface area contributed by atoms with Crippen molar-refractivity contribution in [3.63, 3.8) is 0 Å². The Balaban J connectivity index is 2.60. The van der Waals surface area contributed by atoms with Gasteiger partial charge in [0.2, 0.25) is 11.5 Å². The highest BCUT2D eigenvalue weighted by Crippen LogP contribution is 2.38. The van der Waals surface area contributed by atoms with Crippen molar-refractivity contribution in [2.45, 2.75) is 111 Å². The Bertz CT molecular complexity index is 588. The van der Waals surface area contributed by atoms with Crippen molar-refractivity contribution < 1.29 is 23.5 Å². The van der Waals surface area contributed by atoms with E-state index in [9.17, 15) is 9.59 Å². The number of rotatable bonds is 15. The van der Waals surface area contributed by atoms with Crippen LogP contribution in [0.3, 0.4) is 0 Å². The summed E-state index contributed by atoms with van der Waals surface area (Å²) in [5.74, 6) is 0.945. The summed E-state index contributed by atoms with van der Waals surface area (Å²) in [4.78, 5) is 24.4. The quantitative estimate of drug-likeness (QED) is 0.245. The Morgan fingerprint density at radius 3 is 1.64 bits per heavy atom. The van der Waals surface area contributed by atoms with Crippen LogP contribution in [-0.4, -0.2) is 11.9 Å². The predicted octanol–water partition coefficient (Wildman–Crippen LogP) is 6.68. The van der Waals surface area contributed by atoms with Crippen LogP contribution >= 0.6 is 0 Å². The molecule has 0 aliphatic heterocycles. The zero-order valence-corrected chi connectivity index (χ0v) is 18.2. The lowest BCUT2D eigenvalue weighted by molar-refractivity contribution is -0.137. The smallest absolute Gasteiger partial charge is 0.311 e. The SMILES string of the molecule is CCCCCCCC(=O)Oc1c(C)oc(CC)c1OC(=O)CCCCCCC. The molecule has 5 nitrogen and oxygen atoms in total. The third kappa shape index (κ3) is 8.94. The first kappa shape index (κ1) is 24.3. The highest BCUT2D eigenvalue weighted by atomic mass is 16.6. The third-order valence-electron chi connectivity index (χ3n) is 4.78. The molecule has 0 aliphatic carbocycles. The van der Waals surface area contributed by atoms with Gasteiger partial charge in [-0.3, -0.25) is 9.59 Å². The monoisotopic (exact) mass is 394 g/mol. The van der Waals surface area contributed by atoms with Gasteiger partial charge < -0.3 is 13.9 Å². The molecule has 0 saturated heterocycles. The number of unbranched alkanes of at least 4 members (excludes halogenated alkanes) is 8. The minimum atomic E-state index is -0.306. The molecule has 0 spiro atoms. The van der Waals surface area contributed by atoms with Gasteiger partial charge in [0.15, 0.2) is 5.76 Å². The standard InChI is InChI=1S/C23H38O5/c1-5-8-10-12-14-16-20(24)27-22-18(4)26-19(7-3)23(22)28-21(25)17-15-13-11-9-6-2/h5-17H2,1-4H3. The van der Waals surface area contributed by atoms with Crippen molar-refractivity contribution in [2.75, 3.05) is 0 Å². The average Bonchev–Trinajstić information content (AvgIpc) is 2.96. The van der Waals surface area contributed by atoms with Crippen LogP contribution in [0.1, 0.15) is 109 Å². The Morgan fingerprint density at radius 1 is 0.714 bits per heavy atom. The van der Waals surface area contributed by atoms with Crippen LogP contribution in [-0.2, 0) is 16.0 Å². The molecule has 0 amide bonds. The van der Waals surface area contributed by atoms with Gasteiger partial charge in [0, 0.05) is 19.3 Å². The van der Waals surface area contributed by atoms with Crippen molar-refractivity contribution in [3.8, 4) is 11.5 Å². The fraction of sp³-hybridized carbons (Fsp3) is 0.739. The Labute approximate surface area is 170 Å². The third-order valence-corrected chi connectivity index (χ3v) is 4.78. The molecule has 1 aromatic heterocycles. The van der Waals surface area contributed by atoms with E-state index in [-0.39, 0.29) is 23.4 Å². The molecule has 160 valence electrons. The number of carbonyl (C=O) groups excluding carboxylic acids is 2. The second-order valence-corrected chi connectivity index (χ2v) is 7.37. The molecule has 28 heavy (non-hydrogen) atoms. The molecule has 1 aromatic rings. The summed E-state index contributed by atoms with van der Waals surface area (Å²) in [7, 11) is 0. The van der Waals surface area contributed by atoms with Crippen LogP contribution in [0, 0.1) is 6.92 Å². The van der Waals surface area contributed by atoms with E-state index >= 15 is 0 Å². The average molecular weight is 395 g/mol. The van der Waals surface area contributed by atoms with Gasteiger partial charge in [-0.05, 0) is 19.8 Å². The summed E-state index contributed by atoms with van der Waals surface area (Å²) in [6, 6.07) is 0. The highest BCUT2D eigenvalue weighted by Gasteiger charge is 2.24. The topological polar surface area (TPSA) is 65.7 Å². The van der Waals surface area contributed by atoms with Crippen LogP contribution < -0.4 is 9.47 Å². The van der Waals surface area contributed by atoms with Crippen molar-refractivity contribution in [1.29, 1.82) is 0 Å². The number of esters is 2. The second kappa shape index (κ2) is 14.3. The first-order valence-electron chi connectivity index (χ1n) is 11.1. The number of hydrogen-bond acceptors (Lipinski definition) is 5. The molecule has 0 fully saturated rings. The van der Waals surface area contributed by atoms with E-state index in [0.717, 1.165) is 38.5 Å². The van der Waals surface area contributed by atoms with E-state index in [4.69, 9.17) is 13.9 Å². The van der Waals surface area contributed by atoms with Gasteiger partial charge in [0.05, 0.1) is 0 Å². The second-order valence-electron chi connectivity index (χ2n) is 7.37. The molecule has 5 heteroatoms. The van der Waals surface area contributed by atoms with E-state index in [1.54, 1.807) is 6.92 Å². The number of aryl methyl sites for hydroxylation is 2. The van der Waals surface area contributed by atoms with Gasteiger partial charge in [-0.2, -0.15) is 0 Å². The first-order chi connectivity index (χ1) is 13.5. The maximum absolute atomic E-state index is 12.2. The molecule has 0 aromatic carbocycles. The van der Waals surface area contributed by atoms with Crippen LogP contribution in [0.25, 0.3) is 0 Å². The fourth-order valence-electron chi connectivity index (χ4n) is 3.09. The molecule has 0 N–H and O–H groups in total. The van der Waals surface area contributed by atoms with Crippen molar-refractivity contribution >= 4 is 11.9 Å². The molecule has 0 bridgehead atoms. The van der Waals surface area contributed by atoms with Gasteiger partial charge in [0.25, 0.3) is 0 Å². The van der Waals surface area contributed by atoms with E-state index < -0.39 is 0 Å². The fourth-order valence-corrected chi connectivity index (χ4v) is 3.09. The lowest BCUT2D eigenvalue weighted by atomic mass is 10.1. The zero-order chi connectivity index (χ0) is 20.8. The van der Waals surface area contributed by atoms with Crippen LogP contribution in [0.4, 0.5) is 0 Å². The van der Waals surface area contributed by atoms with Gasteiger partial charge >= 0.3 is 11.9 Å². The summed E-state index contributed by atoms with van der Waals surface area (Å²) in [5, 5.41) is 0. The van der Waals surface area contributed by atoms with Gasteiger partial charge in [-0.25, -0.2) is 0 Å². The molecule has 1 heterocycles. The summed E-state index contributed by atoms with van der Waals surface area (Å²) in [6.45, 7) is 7.97. The molecule has 0 saturated carbocycles.